The van der Waals surface area contributed by atoms with Gasteiger partial charge in [-0.1, -0.05) is 29.8 Å². The maximum absolute atomic E-state index is 12.1. The van der Waals surface area contributed by atoms with Crippen LogP contribution in [0.5, 0.6) is 5.75 Å². The number of ether oxygens (including phenoxy) is 1. The number of hydrogen-bond acceptors (Lipinski definition) is 4. The van der Waals surface area contributed by atoms with Crippen LogP contribution in [0.4, 0.5) is 5.69 Å². The van der Waals surface area contributed by atoms with Crippen LogP contribution in [0.3, 0.4) is 0 Å². The van der Waals surface area contributed by atoms with Gasteiger partial charge in [0.15, 0.2) is 0 Å². The maximum atomic E-state index is 12.1. The maximum Gasteiger partial charge on any atom is 0.227 e. The highest BCUT2D eigenvalue weighted by Crippen LogP contribution is 2.27. The van der Waals surface area contributed by atoms with E-state index in [9.17, 15) is 10.1 Å². The predicted molar refractivity (Wildman–Crippen MR) is 127 cm³/mol. The van der Waals surface area contributed by atoms with E-state index in [-0.39, 0.29) is 12.5 Å². The van der Waals surface area contributed by atoms with Crippen LogP contribution >= 0.6 is 11.6 Å². The number of carbonyl (C=O) groups excluding carboxylic acids is 1. The molecule has 1 aliphatic heterocycles. The van der Waals surface area contributed by atoms with Crippen molar-refractivity contribution < 1.29 is 9.53 Å². The number of nitrogens with zero attached hydrogens (tertiary/aromatic N) is 4. The topological polar surface area (TPSA) is 71.2 Å². The molecule has 0 atom stereocenters. The molecule has 164 valence electrons. The quantitative estimate of drug-likeness (QED) is 0.394. The highest BCUT2D eigenvalue weighted by atomic mass is 35.5. The van der Waals surface area contributed by atoms with Crippen molar-refractivity contribution in [3.05, 3.63) is 88.7 Å². The smallest absolute Gasteiger partial charge is 0.227 e. The molecular formula is C26H21ClN4O2. The number of anilines is 1. The molecule has 2 heterocycles. The van der Waals surface area contributed by atoms with Crippen LogP contribution < -0.4 is 9.64 Å². The van der Waals surface area contributed by atoms with E-state index >= 15 is 0 Å². The van der Waals surface area contributed by atoms with Gasteiger partial charge in [-0.25, -0.2) is 4.98 Å². The van der Waals surface area contributed by atoms with Gasteiger partial charge in [-0.15, -0.1) is 0 Å². The third-order valence-electron chi connectivity index (χ3n) is 5.76. The van der Waals surface area contributed by atoms with E-state index in [0.29, 0.717) is 29.3 Å². The van der Waals surface area contributed by atoms with Crippen molar-refractivity contribution in [3.63, 3.8) is 0 Å². The number of amides is 1. The summed E-state index contributed by atoms with van der Waals surface area (Å²) in [5.74, 6) is 1.55. The van der Waals surface area contributed by atoms with Crippen LogP contribution in [0.2, 0.25) is 5.02 Å². The van der Waals surface area contributed by atoms with E-state index in [4.69, 9.17) is 21.3 Å². The average molecular weight is 457 g/mol. The second-order valence-electron chi connectivity index (χ2n) is 7.99. The number of hydrogen-bond donors (Lipinski definition) is 0. The average Bonchev–Trinajstić information content (AvgIpc) is 3.41. The van der Waals surface area contributed by atoms with Gasteiger partial charge < -0.3 is 14.2 Å². The number of halogens is 1. The summed E-state index contributed by atoms with van der Waals surface area (Å²) in [6, 6.07) is 22.9. The van der Waals surface area contributed by atoms with E-state index in [0.717, 1.165) is 41.1 Å². The molecule has 0 bridgehead atoms. The Kier molecular flexibility index (Phi) is 5.72. The van der Waals surface area contributed by atoms with E-state index in [1.165, 1.54) is 0 Å². The second kappa shape index (κ2) is 8.97. The monoisotopic (exact) mass is 456 g/mol. The third-order valence-corrected chi connectivity index (χ3v) is 5.99. The third kappa shape index (κ3) is 4.41. The Morgan fingerprint density at radius 2 is 1.97 bits per heavy atom. The Morgan fingerprint density at radius 3 is 2.76 bits per heavy atom. The van der Waals surface area contributed by atoms with Crippen LogP contribution in [0.25, 0.3) is 11.0 Å². The molecule has 1 saturated heterocycles. The zero-order valence-electron chi connectivity index (χ0n) is 17.9. The molecule has 0 unspecified atom stereocenters. The van der Waals surface area contributed by atoms with Gasteiger partial charge in [0.05, 0.1) is 22.7 Å². The van der Waals surface area contributed by atoms with Gasteiger partial charge >= 0.3 is 0 Å². The number of benzene rings is 3. The van der Waals surface area contributed by atoms with Crippen LogP contribution in [-0.4, -0.2) is 22.0 Å². The molecule has 0 radical (unpaired) electrons. The molecule has 6 nitrogen and oxygen atoms in total. The van der Waals surface area contributed by atoms with Crippen molar-refractivity contribution in [2.45, 2.75) is 26.0 Å². The normalized spacial score (nSPS) is 13.5. The number of nitriles is 1. The first-order valence-corrected chi connectivity index (χ1v) is 11.2. The SMILES string of the molecule is N#Cc1ccc2nc(COc3cccc(N4CCCC4=O)c3)n(Cc3cccc(Cl)c3)c2c1. The first kappa shape index (κ1) is 21.0. The molecule has 1 aliphatic rings. The first-order chi connectivity index (χ1) is 16.1. The van der Waals surface area contributed by atoms with Gasteiger partial charge in [0, 0.05) is 36.3 Å². The molecular weight excluding hydrogens is 436 g/mol. The number of aromatic nitrogens is 2. The summed E-state index contributed by atoms with van der Waals surface area (Å²) in [5.41, 5.74) is 4.11. The van der Waals surface area contributed by atoms with Crippen molar-refractivity contribution in [1.29, 1.82) is 5.26 Å². The molecule has 33 heavy (non-hydrogen) atoms. The summed E-state index contributed by atoms with van der Waals surface area (Å²) >= 11 is 6.19. The molecule has 1 amide bonds. The number of imidazole rings is 1. The van der Waals surface area contributed by atoms with Crippen molar-refractivity contribution >= 4 is 34.2 Å². The number of carbonyl (C=O) groups is 1. The Hall–Kier alpha value is -3.82. The second-order valence-corrected chi connectivity index (χ2v) is 8.43. The van der Waals surface area contributed by atoms with Crippen LogP contribution in [-0.2, 0) is 17.9 Å². The predicted octanol–water partition coefficient (Wildman–Crippen LogP) is 5.32. The Labute approximate surface area is 196 Å². The number of fused-ring (bicyclic) bond motifs is 1. The fourth-order valence-corrected chi connectivity index (χ4v) is 4.37. The lowest BCUT2D eigenvalue weighted by Crippen LogP contribution is -2.23. The highest BCUT2D eigenvalue weighted by molar-refractivity contribution is 6.30. The lowest BCUT2D eigenvalue weighted by atomic mass is 10.2. The zero-order chi connectivity index (χ0) is 22.8. The standard InChI is InChI=1S/C26H21ClN4O2/c27-20-5-1-4-19(12-20)16-31-24-13-18(15-28)9-10-23(24)29-25(31)17-33-22-7-2-6-21(14-22)30-11-3-8-26(30)32/h1-2,4-7,9-10,12-14H,3,8,11,16-17H2. The summed E-state index contributed by atoms with van der Waals surface area (Å²) < 4.78 is 8.15. The molecule has 0 N–H and O–H groups in total. The van der Waals surface area contributed by atoms with Gasteiger partial charge in [0.25, 0.3) is 0 Å². The molecule has 5 rings (SSSR count). The Balaban J connectivity index is 1.45. The van der Waals surface area contributed by atoms with Crippen molar-refractivity contribution in [3.8, 4) is 11.8 Å². The Morgan fingerprint density at radius 1 is 1.09 bits per heavy atom. The minimum absolute atomic E-state index is 0.142. The minimum atomic E-state index is 0.142. The van der Waals surface area contributed by atoms with E-state index in [2.05, 4.69) is 10.6 Å². The summed E-state index contributed by atoms with van der Waals surface area (Å²) in [6.07, 6.45) is 1.46. The Bertz CT molecular complexity index is 1390. The van der Waals surface area contributed by atoms with Gasteiger partial charge in [-0.3, -0.25) is 4.79 Å². The summed E-state index contributed by atoms with van der Waals surface area (Å²) in [6.45, 7) is 1.53. The van der Waals surface area contributed by atoms with E-state index < -0.39 is 0 Å². The molecule has 0 spiro atoms. The molecule has 3 aromatic carbocycles. The minimum Gasteiger partial charge on any atom is -0.486 e. The lowest BCUT2D eigenvalue weighted by molar-refractivity contribution is -0.117. The molecule has 7 heteroatoms. The fourth-order valence-electron chi connectivity index (χ4n) is 4.16. The largest absolute Gasteiger partial charge is 0.486 e. The lowest BCUT2D eigenvalue weighted by Gasteiger charge is -2.17. The highest BCUT2D eigenvalue weighted by Gasteiger charge is 2.22. The molecule has 1 fully saturated rings. The van der Waals surface area contributed by atoms with Crippen LogP contribution in [0.15, 0.2) is 66.7 Å². The molecule has 0 saturated carbocycles. The molecule has 0 aliphatic carbocycles. The van der Waals surface area contributed by atoms with Crippen molar-refractivity contribution in [2.24, 2.45) is 0 Å². The van der Waals surface area contributed by atoms with E-state index in [1.807, 2.05) is 60.7 Å². The summed E-state index contributed by atoms with van der Waals surface area (Å²) in [7, 11) is 0. The number of rotatable bonds is 6. The molecule has 4 aromatic rings. The van der Waals surface area contributed by atoms with Gasteiger partial charge in [0.1, 0.15) is 18.2 Å². The van der Waals surface area contributed by atoms with Gasteiger partial charge in [-0.2, -0.15) is 5.26 Å². The molecule has 1 aromatic heterocycles. The van der Waals surface area contributed by atoms with Crippen molar-refractivity contribution in [2.75, 3.05) is 11.4 Å². The van der Waals surface area contributed by atoms with Gasteiger partial charge in [0.2, 0.25) is 5.91 Å². The summed E-state index contributed by atoms with van der Waals surface area (Å²) in [4.78, 5) is 18.7. The van der Waals surface area contributed by atoms with Crippen molar-refractivity contribution in [1.82, 2.24) is 9.55 Å². The zero-order valence-corrected chi connectivity index (χ0v) is 18.6. The first-order valence-electron chi connectivity index (χ1n) is 10.8. The summed E-state index contributed by atoms with van der Waals surface area (Å²) in [5, 5.41) is 10.0. The van der Waals surface area contributed by atoms with E-state index in [1.54, 1.807) is 11.0 Å². The van der Waals surface area contributed by atoms with Crippen LogP contribution in [0.1, 0.15) is 29.8 Å². The van der Waals surface area contributed by atoms with Crippen LogP contribution in [0, 0.1) is 11.3 Å². The van der Waals surface area contributed by atoms with Gasteiger partial charge in [-0.05, 0) is 54.4 Å². The fraction of sp³-hybridized carbons (Fsp3) is 0.192.